The second-order valence-electron chi connectivity index (χ2n) is 5.23. The van der Waals surface area contributed by atoms with Crippen LogP contribution < -0.4 is 10.1 Å². The van der Waals surface area contributed by atoms with Gasteiger partial charge in [0.1, 0.15) is 12.7 Å². The predicted molar refractivity (Wildman–Crippen MR) is 87.2 cm³/mol. The molecule has 0 fully saturated rings. The summed E-state index contributed by atoms with van der Waals surface area (Å²) in [4.78, 5) is 16.1. The molecule has 0 aliphatic heterocycles. The Balaban J connectivity index is 1.59. The molecule has 8 heteroatoms. The van der Waals surface area contributed by atoms with Gasteiger partial charge in [0.15, 0.2) is 11.6 Å². The molecule has 0 aliphatic rings. The number of amides is 1. The van der Waals surface area contributed by atoms with E-state index in [1.165, 1.54) is 12.1 Å². The number of rotatable bonds is 7. The molecule has 0 bridgehead atoms. The molecule has 0 aliphatic carbocycles. The number of nitrogens with zero attached hydrogens (tertiary/aromatic N) is 4. The first kappa shape index (κ1) is 16.6. The van der Waals surface area contributed by atoms with Crippen LogP contribution in [-0.4, -0.2) is 25.7 Å². The van der Waals surface area contributed by atoms with Crippen molar-refractivity contribution >= 4 is 5.91 Å². The number of nitrogens with one attached hydrogen (secondary N) is 1. The number of hydrogen-bond donors (Lipinski definition) is 1. The molecule has 1 N–H and O–H groups in total. The third kappa shape index (κ3) is 4.60. The van der Waals surface area contributed by atoms with Gasteiger partial charge in [-0.25, -0.2) is 9.37 Å². The summed E-state index contributed by atoms with van der Waals surface area (Å²) in [6.07, 6.45) is 4.94. The van der Waals surface area contributed by atoms with Gasteiger partial charge in [-0.1, -0.05) is 18.2 Å². The van der Waals surface area contributed by atoms with Gasteiger partial charge in [0.2, 0.25) is 11.8 Å². The van der Waals surface area contributed by atoms with E-state index in [9.17, 15) is 9.18 Å². The third-order valence-corrected chi connectivity index (χ3v) is 3.43. The van der Waals surface area contributed by atoms with Crippen LogP contribution in [0.5, 0.6) is 11.6 Å². The zero-order valence-electron chi connectivity index (χ0n) is 13.3. The van der Waals surface area contributed by atoms with E-state index in [-0.39, 0.29) is 24.1 Å². The molecule has 0 radical (unpaired) electrons. The number of benzene rings is 1. The van der Waals surface area contributed by atoms with Crippen LogP contribution in [0.3, 0.4) is 0 Å². The van der Waals surface area contributed by atoms with E-state index >= 15 is 0 Å². The van der Waals surface area contributed by atoms with Crippen LogP contribution in [0.2, 0.25) is 0 Å². The number of carbonyl (C=O) groups excluding carboxylic acids is 1. The van der Waals surface area contributed by atoms with Gasteiger partial charge in [-0.2, -0.15) is 0 Å². The largest absolute Gasteiger partial charge is 0.436 e. The molecule has 0 spiro atoms. The number of aryl methyl sites for hydroxylation is 1. The molecule has 0 saturated heterocycles. The maximum absolute atomic E-state index is 13.7. The fraction of sp³-hybridized carbons (Fsp3) is 0.176. The van der Waals surface area contributed by atoms with E-state index in [0.717, 1.165) is 0 Å². The van der Waals surface area contributed by atoms with Crippen molar-refractivity contribution in [2.24, 2.45) is 0 Å². The van der Waals surface area contributed by atoms with E-state index in [4.69, 9.17) is 4.74 Å². The Morgan fingerprint density at radius 2 is 1.96 bits per heavy atom. The third-order valence-electron chi connectivity index (χ3n) is 3.43. The van der Waals surface area contributed by atoms with Crippen molar-refractivity contribution in [1.82, 2.24) is 25.1 Å². The van der Waals surface area contributed by atoms with Crippen molar-refractivity contribution in [3.8, 4) is 11.6 Å². The number of hydrogen-bond acceptors (Lipinski definition) is 5. The molecule has 2 aromatic heterocycles. The van der Waals surface area contributed by atoms with Gasteiger partial charge in [-0.15, -0.1) is 10.2 Å². The summed E-state index contributed by atoms with van der Waals surface area (Å²) in [5.41, 5.74) is 0.656. The van der Waals surface area contributed by atoms with Crippen molar-refractivity contribution in [2.45, 2.75) is 19.5 Å². The standard InChI is InChI=1S/C17H16FN5O2/c18-14-5-1-2-6-15(14)25-17-13(4-3-8-19-17)10-20-16(24)7-9-23-11-21-22-12-23/h1-6,8,11-12H,7,9-10H2,(H,20,24). The van der Waals surface area contributed by atoms with Gasteiger partial charge < -0.3 is 14.6 Å². The first-order valence-corrected chi connectivity index (χ1v) is 7.68. The number of ether oxygens (including phenoxy) is 1. The topological polar surface area (TPSA) is 81.9 Å². The summed E-state index contributed by atoms with van der Waals surface area (Å²) < 4.78 is 21.0. The van der Waals surface area contributed by atoms with E-state index in [1.54, 1.807) is 47.7 Å². The second kappa shape index (κ2) is 8.00. The average Bonchev–Trinajstić information content (AvgIpc) is 3.15. The van der Waals surface area contributed by atoms with Gasteiger partial charge in [-0.3, -0.25) is 4.79 Å². The van der Waals surface area contributed by atoms with Crippen molar-refractivity contribution in [2.75, 3.05) is 0 Å². The molecule has 0 saturated carbocycles. The van der Waals surface area contributed by atoms with Crippen molar-refractivity contribution < 1.29 is 13.9 Å². The zero-order valence-corrected chi connectivity index (χ0v) is 13.3. The molecule has 3 rings (SSSR count). The van der Waals surface area contributed by atoms with Crippen molar-refractivity contribution in [1.29, 1.82) is 0 Å². The molecule has 25 heavy (non-hydrogen) atoms. The van der Waals surface area contributed by atoms with Crippen LogP contribution in [0.15, 0.2) is 55.2 Å². The minimum Gasteiger partial charge on any atom is -0.436 e. The monoisotopic (exact) mass is 341 g/mol. The molecule has 0 atom stereocenters. The maximum Gasteiger partial charge on any atom is 0.224 e. The number of para-hydroxylation sites is 1. The van der Waals surface area contributed by atoms with Crippen LogP contribution in [0.4, 0.5) is 4.39 Å². The highest BCUT2D eigenvalue weighted by atomic mass is 19.1. The van der Waals surface area contributed by atoms with Gasteiger partial charge in [-0.05, 0) is 18.2 Å². The van der Waals surface area contributed by atoms with Gasteiger partial charge >= 0.3 is 0 Å². The lowest BCUT2D eigenvalue weighted by molar-refractivity contribution is -0.121. The summed E-state index contributed by atoms with van der Waals surface area (Å²) in [7, 11) is 0. The number of aromatic nitrogens is 4. The van der Waals surface area contributed by atoms with E-state index < -0.39 is 5.82 Å². The lowest BCUT2D eigenvalue weighted by atomic mass is 10.2. The van der Waals surface area contributed by atoms with Gasteiger partial charge in [0, 0.05) is 31.3 Å². The van der Waals surface area contributed by atoms with Crippen LogP contribution >= 0.6 is 0 Å². The number of carbonyl (C=O) groups is 1. The number of halogens is 1. The normalized spacial score (nSPS) is 10.4. The molecule has 3 aromatic rings. The van der Waals surface area contributed by atoms with Crippen LogP contribution in [0.1, 0.15) is 12.0 Å². The Morgan fingerprint density at radius 3 is 2.76 bits per heavy atom. The summed E-state index contributed by atoms with van der Waals surface area (Å²) >= 11 is 0. The second-order valence-corrected chi connectivity index (χ2v) is 5.23. The van der Waals surface area contributed by atoms with Crippen molar-refractivity contribution in [3.63, 3.8) is 0 Å². The minimum atomic E-state index is -0.475. The van der Waals surface area contributed by atoms with Gasteiger partial charge in [0.05, 0.1) is 0 Å². The summed E-state index contributed by atoms with van der Waals surface area (Å²) in [5.74, 6) is -0.264. The lowest BCUT2D eigenvalue weighted by Gasteiger charge is -2.11. The molecule has 128 valence electrons. The minimum absolute atomic E-state index is 0.0846. The zero-order chi connectivity index (χ0) is 17.5. The molecule has 1 amide bonds. The van der Waals surface area contributed by atoms with Crippen molar-refractivity contribution in [3.05, 3.63) is 66.6 Å². The molecule has 2 heterocycles. The Hall–Kier alpha value is -3.29. The fourth-order valence-electron chi connectivity index (χ4n) is 2.13. The maximum atomic E-state index is 13.7. The fourth-order valence-corrected chi connectivity index (χ4v) is 2.13. The highest BCUT2D eigenvalue weighted by Gasteiger charge is 2.10. The Morgan fingerprint density at radius 1 is 1.16 bits per heavy atom. The first-order valence-electron chi connectivity index (χ1n) is 7.68. The number of pyridine rings is 1. The Bertz CT molecular complexity index is 839. The highest BCUT2D eigenvalue weighted by Crippen LogP contribution is 2.25. The first-order chi connectivity index (χ1) is 12.2. The average molecular weight is 341 g/mol. The van der Waals surface area contributed by atoms with E-state index in [1.807, 2.05) is 0 Å². The van der Waals surface area contributed by atoms with E-state index in [2.05, 4.69) is 20.5 Å². The molecule has 7 nitrogen and oxygen atoms in total. The van der Waals surface area contributed by atoms with Crippen LogP contribution in [-0.2, 0) is 17.9 Å². The molecular weight excluding hydrogens is 325 g/mol. The summed E-state index contributed by atoms with van der Waals surface area (Å²) in [6.45, 7) is 0.725. The van der Waals surface area contributed by atoms with Crippen LogP contribution in [0.25, 0.3) is 0 Å². The Kier molecular flexibility index (Phi) is 5.30. The molecular formula is C17H16FN5O2. The summed E-state index contributed by atoms with van der Waals surface area (Å²) in [6, 6.07) is 9.58. The summed E-state index contributed by atoms with van der Waals surface area (Å²) in [5, 5.41) is 10.2. The quantitative estimate of drug-likeness (QED) is 0.713. The molecule has 0 unspecified atom stereocenters. The SMILES string of the molecule is O=C(CCn1cnnc1)NCc1cccnc1Oc1ccccc1F. The molecule has 1 aromatic carbocycles. The van der Waals surface area contributed by atoms with Gasteiger partial charge in [0.25, 0.3) is 0 Å². The van der Waals surface area contributed by atoms with E-state index in [0.29, 0.717) is 18.5 Å². The Labute approximate surface area is 143 Å². The highest BCUT2D eigenvalue weighted by molar-refractivity contribution is 5.75. The lowest BCUT2D eigenvalue weighted by Crippen LogP contribution is -2.24. The smallest absolute Gasteiger partial charge is 0.224 e. The van der Waals surface area contributed by atoms with Crippen LogP contribution in [0, 0.1) is 5.82 Å². The predicted octanol–water partition coefficient (Wildman–Crippen LogP) is 2.31.